The van der Waals surface area contributed by atoms with E-state index < -0.39 is 0 Å². The number of nitrogen functional groups attached to an aromatic ring is 1. The van der Waals surface area contributed by atoms with Crippen LogP contribution in [0.3, 0.4) is 0 Å². The quantitative estimate of drug-likeness (QED) is 0.688. The third-order valence-corrected chi connectivity index (χ3v) is 2.96. The molecule has 0 unspecified atom stereocenters. The van der Waals surface area contributed by atoms with E-state index in [-0.39, 0.29) is 5.78 Å². The van der Waals surface area contributed by atoms with Gasteiger partial charge >= 0.3 is 0 Å². The number of carbonyl (C=O) groups excluding carboxylic acids is 1. The van der Waals surface area contributed by atoms with E-state index in [4.69, 9.17) is 27.3 Å². The van der Waals surface area contributed by atoms with Crippen LogP contribution in [-0.2, 0) is 0 Å². The molecule has 0 fully saturated rings. The zero-order valence-corrected chi connectivity index (χ0v) is 11.4. The van der Waals surface area contributed by atoms with Crippen molar-refractivity contribution in [3.63, 3.8) is 0 Å². The zero-order valence-electron chi connectivity index (χ0n) is 10.7. The standard InChI is InChI=1S/C15H11ClN2O2/c1-9(19)12-7-11(18)3-5-14(12)20-15-4-2-10(8-17)6-13(15)16/h2-7H,18H2,1H3. The Balaban J connectivity index is 2.40. The molecule has 2 rings (SSSR count). The van der Waals surface area contributed by atoms with E-state index >= 15 is 0 Å². The molecule has 0 saturated heterocycles. The number of hydrogen-bond donors (Lipinski definition) is 1. The molecule has 0 atom stereocenters. The van der Waals surface area contributed by atoms with Gasteiger partial charge in [-0.3, -0.25) is 4.79 Å². The number of nitrogens with zero attached hydrogens (tertiary/aromatic N) is 1. The second-order valence-electron chi connectivity index (χ2n) is 4.17. The van der Waals surface area contributed by atoms with Gasteiger partial charge in [0.1, 0.15) is 11.5 Å². The molecule has 0 radical (unpaired) electrons. The molecule has 2 aromatic carbocycles. The van der Waals surface area contributed by atoms with Gasteiger partial charge in [-0.2, -0.15) is 5.26 Å². The van der Waals surface area contributed by atoms with Crippen LogP contribution in [0.1, 0.15) is 22.8 Å². The highest BCUT2D eigenvalue weighted by molar-refractivity contribution is 6.32. The van der Waals surface area contributed by atoms with E-state index in [0.29, 0.717) is 33.3 Å². The first kappa shape index (κ1) is 13.9. The fraction of sp³-hybridized carbons (Fsp3) is 0.0667. The first-order valence-electron chi connectivity index (χ1n) is 5.79. The van der Waals surface area contributed by atoms with Crippen LogP contribution in [-0.4, -0.2) is 5.78 Å². The van der Waals surface area contributed by atoms with Crippen molar-refractivity contribution in [3.8, 4) is 17.6 Å². The monoisotopic (exact) mass is 286 g/mol. The Bertz CT molecular complexity index is 720. The van der Waals surface area contributed by atoms with E-state index in [1.807, 2.05) is 6.07 Å². The fourth-order valence-electron chi connectivity index (χ4n) is 1.68. The molecular weight excluding hydrogens is 276 g/mol. The zero-order chi connectivity index (χ0) is 14.7. The van der Waals surface area contributed by atoms with Crippen LogP contribution >= 0.6 is 11.6 Å². The van der Waals surface area contributed by atoms with Crippen LogP contribution < -0.4 is 10.5 Å². The van der Waals surface area contributed by atoms with E-state index in [9.17, 15) is 4.79 Å². The highest BCUT2D eigenvalue weighted by Gasteiger charge is 2.12. The Morgan fingerprint density at radius 2 is 1.95 bits per heavy atom. The summed E-state index contributed by atoms with van der Waals surface area (Å²) >= 11 is 6.04. The Kier molecular flexibility index (Phi) is 3.92. The largest absolute Gasteiger partial charge is 0.455 e. The summed E-state index contributed by atoms with van der Waals surface area (Å²) in [5.41, 5.74) is 6.95. The SMILES string of the molecule is CC(=O)c1cc(N)ccc1Oc1ccc(C#N)cc1Cl. The third-order valence-electron chi connectivity index (χ3n) is 2.66. The Labute approximate surface area is 121 Å². The van der Waals surface area contributed by atoms with E-state index in [0.717, 1.165) is 0 Å². The summed E-state index contributed by atoms with van der Waals surface area (Å²) in [6, 6.07) is 11.5. The second kappa shape index (κ2) is 5.64. The molecule has 0 aromatic heterocycles. The van der Waals surface area contributed by atoms with Crippen molar-refractivity contribution in [2.24, 2.45) is 0 Å². The Morgan fingerprint density at radius 1 is 1.25 bits per heavy atom. The van der Waals surface area contributed by atoms with Gasteiger partial charge in [0, 0.05) is 5.69 Å². The predicted octanol–water partition coefficient (Wildman–Crippen LogP) is 3.79. The lowest BCUT2D eigenvalue weighted by Gasteiger charge is -2.11. The minimum atomic E-state index is -0.155. The third kappa shape index (κ3) is 2.90. The van der Waals surface area contributed by atoms with Crippen LogP contribution in [0.5, 0.6) is 11.5 Å². The highest BCUT2D eigenvalue weighted by atomic mass is 35.5. The van der Waals surface area contributed by atoms with Crippen molar-refractivity contribution in [2.45, 2.75) is 6.92 Å². The van der Waals surface area contributed by atoms with Gasteiger partial charge < -0.3 is 10.5 Å². The molecule has 100 valence electrons. The van der Waals surface area contributed by atoms with Gasteiger partial charge in [-0.15, -0.1) is 0 Å². The average Bonchev–Trinajstić information content (AvgIpc) is 2.42. The summed E-state index contributed by atoms with van der Waals surface area (Å²) in [5, 5.41) is 9.08. The maximum atomic E-state index is 11.6. The Hall–Kier alpha value is -2.51. The van der Waals surface area contributed by atoms with Crippen LogP contribution in [0.15, 0.2) is 36.4 Å². The lowest BCUT2D eigenvalue weighted by molar-refractivity contribution is 0.101. The number of Topliss-reactive ketones (excluding diaryl/α,β-unsaturated/α-hetero) is 1. The summed E-state index contributed by atoms with van der Waals surface area (Å²) in [4.78, 5) is 11.6. The number of anilines is 1. The summed E-state index contributed by atoms with van der Waals surface area (Å²) in [6.07, 6.45) is 0. The minimum Gasteiger partial charge on any atom is -0.455 e. The van der Waals surface area contributed by atoms with E-state index in [1.54, 1.807) is 30.3 Å². The van der Waals surface area contributed by atoms with Crippen molar-refractivity contribution >= 4 is 23.1 Å². The van der Waals surface area contributed by atoms with Gasteiger partial charge in [0.05, 0.1) is 22.2 Å². The lowest BCUT2D eigenvalue weighted by Crippen LogP contribution is -1.99. The number of benzene rings is 2. The fourth-order valence-corrected chi connectivity index (χ4v) is 1.90. The van der Waals surface area contributed by atoms with Crippen LogP contribution in [0.25, 0.3) is 0 Å². The molecule has 0 aliphatic heterocycles. The number of ether oxygens (including phenoxy) is 1. The maximum Gasteiger partial charge on any atom is 0.163 e. The van der Waals surface area contributed by atoms with E-state index in [1.165, 1.54) is 13.0 Å². The van der Waals surface area contributed by atoms with Crippen molar-refractivity contribution in [2.75, 3.05) is 5.73 Å². The molecule has 0 amide bonds. The van der Waals surface area contributed by atoms with Crippen molar-refractivity contribution < 1.29 is 9.53 Å². The smallest absolute Gasteiger partial charge is 0.163 e. The number of rotatable bonds is 3. The molecule has 0 saturated carbocycles. The summed E-state index contributed by atoms with van der Waals surface area (Å²) in [6.45, 7) is 1.43. The molecule has 4 nitrogen and oxygen atoms in total. The molecule has 20 heavy (non-hydrogen) atoms. The number of halogens is 1. The molecule has 0 aliphatic rings. The van der Waals surface area contributed by atoms with Gasteiger partial charge in [0.25, 0.3) is 0 Å². The normalized spacial score (nSPS) is 9.85. The number of carbonyl (C=O) groups is 1. The molecule has 0 aliphatic carbocycles. The van der Waals surface area contributed by atoms with E-state index in [2.05, 4.69) is 0 Å². The van der Waals surface area contributed by atoms with Gasteiger partial charge in [-0.1, -0.05) is 11.6 Å². The number of hydrogen-bond acceptors (Lipinski definition) is 4. The van der Waals surface area contributed by atoms with Crippen LogP contribution in [0.4, 0.5) is 5.69 Å². The molecule has 0 bridgehead atoms. The van der Waals surface area contributed by atoms with Crippen molar-refractivity contribution in [1.82, 2.24) is 0 Å². The van der Waals surface area contributed by atoms with Crippen LogP contribution in [0, 0.1) is 11.3 Å². The number of nitrogens with two attached hydrogens (primary N) is 1. The molecular formula is C15H11ClN2O2. The van der Waals surface area contributed by atoms with Gasteiger partial charge in [0.2, 0.25) is 0 Å². The molecule has 0 spiro atoms. The Morgan fingerprint density at radius 3 is 2.55 bits per heavy atom. The summed E-state index contributed by atoms with van der Waals surface area (Å²) < 4.78 is 5.64. The maximum absolute atomic E-state index is 11.6. The van der Waals surface area contributed by atoms with Crippen LogP contribution in [0.2, 0.25) is 5.02 Å². The number of nitriles is 1. The predicted molar refractivity (Wildman–Crippen MR) is 77.1 cm³/mol. The van der Waals surface area contributed by atoms with Gasteiger partial charge in [0.15, 0.2) is 5.78 Å². The van der Waals surface area contributed by atoms with Gasteiger partial charge in [-0.25, -0.2) is 0 Å². The molecule has 2 aromatic rings. The average molecular weight is 287 g/mol. The van der Waals surface area contributed by atoms with Crippen molar-refractivity contribution in [1.29, 1.82) is 5.26 Å². The summed E-state index contributed by atoms with van der Waals surface area (Å²) in [7, 11) is 0. The minimum absolute atomic E-state index is 0.155. The first-order valence-corrected chi connectivity index (χ1v) is 6.17. The first-order chi connectivity index (χ1) is 9.51. The topological polar surface area (TPSA) is 76.1 Å². The molecule has 2 N–H and O–H groups in total. The number of ketones is 1. The lowest BCUT2D eigenvalue weighted by atomic mass is 10.1. The summed E-state index contributed by atoms with van der Waals surface area (Å²) in [5.74, 6) is 0.591. The second-order valence-corrected chi connectivity index (χ2v) is 4.58. The molecule has 0 heterocycles. The van der Waals surface area contributed by atoms with Gasteiger partial charge in [-0.05, 0) is 43.3 Å². The highest BCUT2D eigenvalue weighted by Crippen LogP contribution is 2.32. The van der Waals surface area contributed by atoms with Crippen molar-refractivity contribution in [3.05, 3.63) is 52.5 Å². The molecule has 5 heteroatoms.